The molecule has 6 nitrogen and oxygen atoms in total. The average molecular weight is 298 g/mol. The van der Waals surface area contributed by atoms with E-state index in [4.69, 9.17) is 0 Å². The summed E-state index contributed by atoms with van der Waals surface area (Å²) in [4.78, 5) is 21.6. The van der Waals surface area contributed by atoms with Gasteiger partial charge in [-0.25, -0.2) is 19.9 Å². The largest absolute Gasteiger partial charge is 0.363 e. The van der Waals surface area contributed by atoms with Gasteiger partial charge in [0.15, 0.2) is 0 Å². The van der Waals surface area contributed by atoms with Gasteiger partial charge in [-0.3, -0.25) is 0 Å². The number of hydrogen-bond donors (Lipinski definition) is 0. The van der Waals surface area contributed by atoms with Crippen LogP contribution in [0, 0.1) is 12.8 Å². The van der Waals surface area contributed by atoms with Crippen molar-refractivity contribution in [2.75, 3.05) is 37.0 Å². The molecule has 2 aromatic rings. The van der Waals surface area contributed by atoms with Crippen molar-refractivity contribution in [3.05, 3.63) is 36.2 Å². The third-order valence-electron chi connectivity index (χ3n) is 4.06. The summed E-state index contributed by atoms with van der Waals surface area (Å²) in [6, 6.07) is 4.13. The zero-order chi connectivity index (χ0) is 15.5. The van der Waals surface area contributed by atoms with Crippen molar-refractivity contribution < 1.29 is 0 Å². The predicted molar refractivity (Wildman–Crippen MR) is 87.2 cm³/mol. The number of nitrogens with zero attached hydrogens (tertiary/aromatic N) is 6. The molecule has 22 heavy (non-hydrogen) atoms. The normalized spacial score (nSPS) is 17.8. The van der Waals surface area contributed by atoms with Crippen LogP contribution in [0.5, 0.6) is 0 Å². The van der Waals surface area contributed by atoms with Gasteiger partial charge < -0.3 is 9.80 Å². The lowest BCUT2D eigenvalue weighted by molar-refractivity contribution is 0.576. The van der Waals surface area contributed by atoms with E-state index in [1.807, 2.05) is 25.9 Å². The highest BCUT2D eigenvalue weighted by molar-refractivity contribution is 5.40. The molecule has 0 radical (unpaired) electrons. The molecule has 116 valence electrons. The molecular formula is C16H22N6. The molecule has 0 amide bonds. The van der Waals surface area contributed by atoms with Gasteiger partial charge in [-0.1, -0.05) is 0 Å². The molecule has 2 aromatic heterocycles. The Morgan fingerprint density at radius 2 is 1.95 bits per heavy atom. The van der Waals surface area contributed by atoms with E-state index in [9.17, 15) is 0 Å². The lowest BCUT2D eigenvalue weighted by Gasteiger charge is -2.17. The molecule has 0 spiro atoms. The molecule has 1 aliphatic rings. The second-order valence-electron chi connectivity index (χ2n) is 6.08. The molecule has 0 aromatic carbocycles. The molecule has 6 heteroatoms. The van der Waals surface area contributed by atoms with E-state index in [0.29, 0.717) is 5.92 Å². The van der Waals surface area contributed by atoms with E-state index in [1.54, 1.807) is 12.7 Å². The molecule has 3 heterocycles. The van der Waals surface area contributed by atoms with E-state index in [2.05, 4.69) is 37.0 Å². The van der Waals surface area contributed by atoms with Crippen LogP contribution in [0.4, 0.5) is 11.6 Å². The van der Waals surface area contributed by atoms with Crippen molar-refractivity contribution in [2.45, 2.75) is 19.8 Å². The molecule has 0 aliphatic carbocycles. The number of aromatic nitrogens is 4. The zero-order valence-electron chi connectivity index (χ0n) is 13.4. The maximum Gasteiger partial charge on any atom is 0.132 e. The van der Waals surface area contributed by atoms with Crippen LogP contribution in [0.1, 0.15) is 17.8 Å². The Balaban J connectivity index is 1.65. The summed E-state index contributed by atoms with van der Waals surface area (Å²) in [5.41, 5.74) is 2.13. The molecular weight excluding hydrogens is 276 g/mol. The van der Waals surface area contributed by atoms with Gasteiger partial charge >= 0.3 is 0 Å². The van der Waals surface area contributed by atoms with Crippen molar-refractivity contribution >= 4 is 11.6 Å². The Labute approximate surface area is 131 Å². The van der Waals surface area contributed by atoms with Crippen LogP contribution in [0.3, 0.4) is 0 Å². The fraction of sp³-hybridized carbons (Fsp3) is 0.500. The third-order valence-corrected chi connectivity index (χ3v) is 4.06. The van der Waals surface area contributed by atoms with Gasteiger partial charge in [-0.15, -0.1) is 0 Å². The van der Waals surface area contributed by atoms with Crippen molar-refractivity contribution in [1.82, 2.24) is 19.9 Å². The summed E-state index contributed by atoms with van der Waals surface area (Å²) < 4.78 is 0. The summed E-state index contributed by atoms with van der Waals surface area (Å²) in [6.07, 6.45) is 5.46. The van der Waals surface area contributed by atoms with Crippen molar-refractivity contribution in [1.29, 1.82) is 0 Å². The number of aryl methyl sites for hydroxylation is 1. The highest BCUT2D eigenvalue weighted by Gasteiger charge is 2.24. The molecule has 1 unspecified atom stereocenters. The summed E-state index contributed by atoms with van der Waals surface area (Å²) in [5.74, 6) is 2.61. The molecule has 1 atom stereocenters. The van der Waals surface area contributed by atoms with Crippen LogP contribution in [0.2, 0.25) is 0 Å². The van der Waals surface area contributed by atoms with Crippen LogP contribution in [0.15, 0.2) is 24.8 Å². The first-order valence-electron chi connectivity index (χ1n) is 7.63. The Morgan fingerprint density at radius 1 is 1.14 bits per heavy atom. The van der Waals surface area contributed by atoms with Crippen LogP contribution >= 0.6 is 0 Å². The van der Waals surface area contributed by atoms with Gasteiger partial charge in [0.1, 0.15) is 24.3 Å². The fourth-order valence-electron chi connectivity index (χ4n) is 2.86. The third kappa shape index (κ3) is 3.32. The number of rotatable bonds is 4. The topological polar surface area (TPSA) is 58.0 Å². The van der Waals surface area contributed by atoms with Crippen molar-refractivity contribution in [2.24, 2.45) is 5.92 Å². The fourth-order valence-corrected chi connectivity index (χ4v) is 2.86. The van der Waals surface area contributed by atoms with E-state index in [1.165, 1.54) is 6.42 Å². The number of hydrogen-bond acceptors (Lipinski definition) is 6. The second kappa shape index (κ2) is 6.25. The molecule has 0 saturated carbocycles. The highest BCUT2D eigenvalue weighted by Crippen LogP contribution is 2.25. The van der Waals surface area contributed by atoms with E-state index in [0.717, 1.165) is 42.5 Å². The average Bonchev–Trinajstić information content (AvgIpc) is 2.96. The van der Waals surface area contributed by atoms with Crippen LogP contribution in [-0.2, 0) is 6.42 Å². The van der Waals surface area contributed by atoms with Gasteiger partial charge in [-0.2, -0.15) is 0 Å². The van der Waals surface area contributed by atoms with Gasteiger partial charge in [-0.05, 0) is 25.7 Å². The van der Waals surface area contributed by atoms with Crippen LogP contribution < -0.4 is 9.80 Å². The van der Waals surface area contributed by atoms with Crippen molar-refractivity contribution in [3.63, 3.8) is 0 Å². The van der Waals surface area contributed by atoms with Crippen LogP contribution in [0.25, 0.3) is 0 Å². The molecule has 0 N–H and O–H groups in total. The summed E-state index contributed by atoms with van der Waals surface area (Å²) in [5, 5.41) is 0. The Bertz CT molecular complexity index is 642. The first-order chi connectivity index (χ1) is 10.6. The smallest absolute Gasteiger partial charge is 0.132 e. The monoisotopic (exact) mass is 298 g/mol. The van der Waals surface area contributed by atoms with Gasteiger partial charge in [0.25, 0.3) is 0 Å². The lowest BCUT2D eigenvalue weighted by atomic mass is 10.0. The standard InChI is InChI=1S/C16H22N6/c1-12-6-16(20-10-17-12)22-5-4-13(9-22)7-14-8-15(21(2)3)19-11-18-14/h6,8,10-11,13H,4-5,7,9H2,1-3H3. The second-order valence-corrected chi connectivity index (χ2v) is 6.08. The predicted octanol–water partition coefficient (Wildman–Crippen LogP) is 1.71. The van der Waals surface area contributed by atoms with Crippen LogP contribution in [-0.4, -0.2) is 47.1 Å². The molecule has 1 fully saturated rings. The molecule has 0 bridgehead atoms. The zero-order valence-corrected chi connectivity index (χ0v) is 13.4. The molecule has 1 aliphatic heterocycles. The minimum Gasteiger partial charge on any atom is -0.363 e. The quantitative estimate of drug-likeness (QED) is 0.856. The first kappa shape index (κ1) is 14.7. The highest BCUT2D eigenvalue weighted by atomic mass is 15.2. The minimum atomic E-state index is 0.611. The Morgan fingerprint density at radius 3 is 2.73 bits per heavy atom. The maximum absolute atomic E-state index is 4.42. The van der Waals surface area contributed by atoms with Gasteiger partial charge in [0, 0.05) is 50.7 Å². The van der Waals surface area contributed by atoms with E-state index < -0.39 is 0 Å². The lowest BCUT2D eigenvalue weighted by Crippen LogP contribution is -2.21. The Hall–Kier alpha value is -2.24. The van der Waals surface area contributed by atoms with E-state index >= 15 is 0 Å². The van der Waals surface area contributed by atoms with Gasteiger partial charge in [0.2, 0.25) is 0 Å². The summed E-state index contributed by atoms with van der Waals surface area (Å²) in [6.45, 7) is 4.08. The summed E-state index contributed by atoms with van der Waals surface area (Å²) in [7, 11) is 4.00. The Kier molecular flexibility index (Phi) is 4.18. The minimum absolute atomic E-state index is 0.611. The number of anilines is 2. The SMILES string of the molecule is Cc1cc(N2CCC(Cc3cc(N(C)C)ncn3)C2)ncn1. The molecule has 3 rings (SSSR count). The summed E-state index contributed by atoms with van der Waals surface area (Å²) >= 11 is 0. The molecule has 1 saturated heterocycles. The first-order valence-corrected chi connectivity index (χ1v) is 7.63. The van der Waals surface area contributed by atoms with E-state index in [-0.39, 0.29) is 0 Å². The van der Waals surface area contributed by atoms with Gasteiger partial charge in [0.05, 0.1) is 0 Å². The van der Waals surface area contributed by atoms with Crippen molar-refractivity contribution in [3.8, 4) is 0 Å². The maximum atomic E-state index is 4.42.